The topological polar surface area (TPSA) is 74.5 Å². The van der Waals surface area contributed by atoms with Gasteiger partial charge >= 0.3 is 0 Å². The van der Waals surface area contributed by atoms with Crippen molar-refractivity contribution in [2.24, 2.45) is 0 Å². The lowest BCUT2D eigenvalue weighted by Crippen LogP contribution is -2.21. The molecule has 26 heavy (non-hydrogen) atoms. The van der Waals surface area contributed by atoms with E-state index in [1.54, 1.807) is 0 Å². The SMILES string of the molecule is Cc1ccc(C(=O)CSc2nnc(C3COc4ccccc4O3)o2)cc1. The number of ketones is 1. The van der Waals surface area contributed by atoms with Gasteiger partial charge in [-0.25, -0.2) is 0 Å². The van der Waals surface area contributed by atoms with E-state index in [9.17, 15) is 4.79 Å². The number of aromatic nitrogens is 2. The van der Waals surface area contributed by atoms with Crippen molar-refractivity contribution in [3.63, 3.8) is 0 Å². The Balaban J connectivity index is 1.38. The average molecular weight is 368 g/mol. The Morgan fingerprint density at radius 2 is 1.88 bits per heavy atom. The summed E-state index contributed by atoms with van der Waals surface area (Å²) in [6.07, 6.45) is -0.459. The largest absolute Gasteiger partial charge is 0.485 e. The van der Waals surface area contributed by atoms with Crippen LogP contribution in [0.15, 0.2) is 58.2 Å². The van der Waals surface area contributed by atoms with Gasteiger partial charge in [0.25, 0.3) is 11.1 Å². The highest BCUT2D eigenvalue weighted by Crippen LogP contribution is 2.35. The van der Waals surface area contributed by atoms with E-state index >= 15 is 0 Å². The summed E-state index contributed by atoms with van der Waals surface area (Å²) >= 11 is 1.21. The van der Waals surface area contributed by atoms with Gasteiger partial charge in [-0.15, -0.1) is 10.2 Å². The number of thioether (sulfide) groups is 1. The number of hydrogen-bond acceptors (Lipinski definition) is 7. The third kappa shape index (κ3) is 3.57. The summed E-state index contributed by atoms with van der Waals surface area (Å²) in [6.45, 7) is 2.28. The zero-order chi connectivity index (χ0) is 17.9. The fourth-order valence-corrected chi connectivity index (χ4v) is 3.16. The highest BCUT2D eigenvalue weighted by atomic mass is 32.2. The normalized spacial score (nSPS) is 15.7. The minimum atomic E-state index is -0.459. The highest BCUT2D eigenvalue weighted by molar-refractivity contribution is 7.99. The molecule has 1 aliphatic rings. The van der Waals surface area contributed by atoms with E-state index in [2.05, 4.69) is 10.2 Å². The van der Waals surface area contributed by atoms with Crippen LogP contribution in [-0.2, 0) is 0 Å². The van der Waals surface area contributed by atoms with Gasteiger partial charge in [-0.1, -0.05) is 53.7 Å². The standard InChI is InChI=1S/C19H16N2O4S/c1-12-6-8-13(9-7-12)14(22)11-26-19-21-20-18(25-19)17-10-23-15-4-2-3-5-16(15)24-17/h2-9,17H,10-11H2,1H3. The van der Waals surface area contributed by atoms with Crippen LogP contribution in [0.2, 0.25) is 0 Å². The summed E-state index contributed by atoms with van der Waals surface area (Å²) in [5.41, 5.74) is 1.79. The number of nitrogens with zero attached hydrogens (tertiary/aromatic N) is 2. The number of rotatable bonds is 5. The number of carbonyl (C=O) groups excluding carboxylic acids is 1. The van der Waals surface area contributed by atoms with Gasteiger partial charge in [0, 0.05) is 5.56 Å². The fraction of sp³-hybridized carbons (Fsp3) is 0.211. The van der Waals surface area contributed by atoms with Crippen LogP contribution in [0.4, 0.5) is 0 Å². The van der Waals surface area contributed by atoms with E-state index in [-0.39, 0.29) is 11.5 Å². The Morgan fingerprint density at radius 1 is 1.12 bits per heavy atom. The smallest absolute Gasteiger partial charge is 0.277 e. The predicted molar refractivity (Wildman–Crippen MR) is 95.8 cm³/mol. The molecule has 0 saturated carbocycles. The van der Waals surface area contributed by atoms with E-state index in [4.69, 9.17) is 13.9 Å². The van der Waals surface area contributed by atoms with Crippen LogP contribution in [0.5, 0.6) is 11.5 Å². The molecular formula is C19H16N2O4S. The van der Waals surface area contributed by atoms with Crippen molar-refractivity contribution >= 4 is 17.5 Å². The Morgan fingerprint density at radius 3 is 2.69 bits per heavy atom. The van der Waals surface area contributed by atoms with Crippen LogP contribution in [-0.4, -0.2) is 28.3 Å². The van der Waals surface area contributed by atoms with Crippen molar-refractivity contribution in [2.45, 2.75) is 18.3 Å². The molecule has 2 heterocycles. The van der Waals surface area contributed by atoms with Crippen molar-refractivity contribution in [3.05, 3.63) is 65.5 Å². The van der Waals surface area contributed by atoms with Gasteiger partial charge in [0.1, 0.15) is 6.61 Å². The third-order valence-corrected chi connectivity index (χ3v) is 4.72. The lowest BCUT2D eigenvalue weighted by molar-refractivity contribution is 0.0686. The molecule has 0 aliphatic carbocycles. The molecule has 1 atom stereocenters. The Kier molecular flexibility index (Phi) is 4.62. The van der Waals surface area contributed by atoms with Crippen molar-refractivity contribution in [3.8, 4) is 11.5 Å². The van der Waals surface area contributed by atoms with Gasteiger partial charge in [0.2, 0.25) is 6.10 Å². The second-order valence-corrected chi connectivity index (χ2v) is 6.77. The van der Waals surface area contributed by atoms with E-state index in [1.165, 1.54) is 11.8 Å². The molecular weight excluding hydrogens is 352 g/mol. The molecule has 1 aliphatic heterocycles. The zero-order valence-electron chi connectivity index (χ0n) is 14.0. The predicted octanol–water partition coefficient (Wildman–Crippen LogP) is 3.87. The van der Waals surface area contributed by atoms with Gasteiger partial charge in [-0.3, -0.25) is 4.79 Å². The number of Topliss-reactive ketones (excluding diaryl/α,β-unsaturated/α-hetero) is 1. The first-order valence-electron chi connectivity index (χ1n) is 8.13. The molecule has 3 aromatic rings. The van der Waals surface area contributed by atoms with Gasteiger partial charge in [0.05, 0.1) is 5.75 Å². The first-order chi connectivity index (χ1) is 12.7. The van der Waals surface area contributed by atoms with E-state index in [0.717, 1.165) is 5.56 Å². The molecule has 1 unspecified atom stereocenters. The summed E-state index contributed by atoms with van der Waals surface area (Å²) in [7, 11) is 0. The van der Waals surface area contributed by atoms with E-state index in [0.29, 0.717) is 34.8 Å². The van der Waals surface area contributed by atoms with Crippen LogP contribution in [0.25, 0.3) is 0 Å². The molecule has 2 aromatic carbocycles. The zero-order valence-corrected chi connectivity index (χ0v) is 14.9. The minimum absolute atomic E-state index is 0.0147. The summed E-state index contributed by atoms with van der Waals surface area (Å²) in [4.78, 5) is 12.2. The number of ether oxygens (including phenoxy) is 2. The molecule has 0 bridgehead atoms. The van der Waals surface area contributed by atoms with Crippen LogP contribution in [0.3, 0.4) is 0 Å². The number of para-hydroxylation sites is 2. The second kappa shape index (κ2) is 7.21. The van der Waals surface area contributed by atoms with Gasteiger partial charge in [-0.2, -0.15) is 0 Å². The Labute approximate surface area is 154 Å². The lowest BCUT2D eigenvalue weighted by atomic mass is 10.1. The first kappa shape index (κ1) is 16.7. The molecule has 0 radical (unpaired) electrons. The number of carbonyl (C=O) groups is 1. The van der Waals surface area contributed by atoms with Crippen molar-refractivity contribution in [1.82, 2.24) is 10.2 Å². The summed E-state index contributed by atoms with van der Waals surface area (Å²) in [6, 6.07) is 14.9. The van der Waals surface area contributed by atoms with Crippen LogP contribution in [0, 0.1) is 6.92 Å². The molecule has 0 fully saturated rings. The van der Waals surface area contributed by atoms with Crippen molar-refractivity contribution < 1.29 is 18.7 Å². The summed E-state index contributed by atoms with van der Waals surface area (Å²) in [5, 5.41) is 8.34. The molecule has 6 nitrogen and oxygen atoms in total. The highest BCUT2D eigenvalue weighted by Gasteiger charge is 2.27. The molecule has 1 aromatic heterocycles. The third-order valence-electron chi connectivity index (χ3n) is 3.91. The van der Waals surface area contributed by atoms with Crippen LogP contribution < -0.4 is 9.47 Å². The maximum Gasteiger partial charge on any atom is 0.277 e. The maximum absolute atomic E-state index is 12.2. The quantitative estimate of drug-likeness (QED) is 0.500. The van der Waals surface area contributed by atoms with E-state index in [1.807, 2.05) is 55.5 Å². The second-order valence-electron chi connectivity index (χ2n) is 5.85. The summed E-state index contributed by atoms with van der Waals surface area (Å²) < 4.78 is 17.1. The van der Waals surface area contributed by atoms with Gasteiger partial charge in [0.15, 0.2) is 17.3 Å². The molecule has 0 spiro atoms. The maximum atomic E-state index is 12.2. The lowest BCUT2D eigenvalue weighted by Gasteiger charge is -2.23. The van der Waals surface area contributed by atoms with Crippen LogP contribution >= 0.6 is 11.8 Å². The Hall–Kier alpha value is -2.80. The average Bonchev–Trinajstić information content (AvgIpc) is 3.15. The molecule has 7 heteroatoms. The van der Waals surface area contributed by atoms with Gasteiger partial charge in [-0.05, 0) is 19.1 Å². The summed E-state index contributed by atoms with van der Waals surface area (Å²) in [5.74, 6) is 1.92. The monoisotopic (exact) mass is 368 g/mol. The molecule has 0 amide bonds. The van der Waals surface area contributed by atoms with Crippen LogP contribution in [0.1, 0.15) is 27.9 Å². The van der Waals surface area contributed by atoms with Gasteiger partial charge < -0.3 is 13.9 Å². The molecule has 132 valence electrons. The van der Waals surface area contributed by atoms with Crippen molar-refractivity contribution in [1.29, 1.82) is 0 Å². The molecule has 0 N–H and O–H groups in total. The fourth-order valence-electron chi connectivity index (χ4n) is 2.50. The minimum Gasteiger partial charge on any atom is -0.485 e. The van der Waals surface area contributed by atoms with E-state index < -0.39 is 6.10 Å². The number of aryl methyl sites for hydroxylation is 1. The number of hydrogen-bond donors (Lipinski definition) is 0. The number of fused-ring (bicyclic) bond motifs is 1. The Bertz CT molecular complexity index is 923. The molecule has 4 rings (SSSR count). The number of benzene rings is 2. The van der Waals surface area contributed by atoms with Crippen molar-refractivity contribution in [2.75, 3.05) is 12.4 Å². The molecule has 0 saturated heterocycles. The first-order valence-corrected chi connectivity index (χ1v) is 9.12.